The van der Waals surface area contributed by atoms with Crippen molar-refractivity contribution in [1.29, 1.82) is 0 Å². The fourth-order valence-electron chi connectivity index (χ4n) is 1.86. The van der Waals surface area contributed by atoms with Gasteiger partial charge in [0, 0.05) is 13.1 Å². The van der Waals surface area contributed by atoms with Crippen LogP contribution in [-0.4, -0.2) is 38.0 Å². The van der Waals surface area contributed by atoms with Crippen molar-refractivity contribution in [2.75, 3.05) is 13.3 Å². The van der Waals surface area contributed by atoms with Gasteiger partial charge in [-0.05, 0) is 18.4 Å². The van der Waals surface area contributed by atoms with Gasteiger partial charge in [-0.15, -0.1) is 0 Å². The van der Waals surface area contributed by atoms with Gasteiger partial charge >= 0.3 is 0 Å². The van der Waals surface area contributed by atoms with Gasteiger partial charge in [0.2, 0.25) is 15.9 Å². The average Bonchev–Trinajstić information content (AvgIpc) is 3.13. The van der Waals surface area contributed by atoms with Gasteiger partial charge in [0.1, 0.15) is 6.04 Å². The number of rotatable bonds is 5. The number of benzene rings is 1. The third-order valence-corrected chi connectivity index (χ3v) is 4.43. The summed E-state index contributed by atoms with van der Waals surface area (Å²) in [6.07, 6.45) is 3.04. The molecule has 0 radical (unpaired) electrons. The van der Waals surface area contributed by atoms with Crippen LogP contribution in [0.2, 0.25) is 0 Å². The largest absolute Gasteiger partial charge is 0.352 e. The summed E-state index contributed by atoms with van der Waals surface area (Å²) in [5.41, 5.74) is 0.675. The van der Waals surface area contributed by atoms with Gasteiger partial charge in [0.25, 0.3) is 0 Å². The molecule has 0 spiro atoms. The maximum absolute atomic E-state index is 12.3. The summed E-state index contributed by atoms with van der Waals surface area (Å²) < 4.78 is 24.5. The molecule has 6 heteroatoms. The van der Waals surface area contributed by atoms with Gasteiger partial charge in [0.05, 0.1) is 6.26 Å². The molecule has 19 heavy (non-hydrogen) atoms. The van der Waals surface area contributed by atoms with Gasteiger partial charge in [-0.2, -0.15) is 4.31 Å². The molecule has 1 amide bonds. The summed E-state index contributed by atoms with van der Waals surface area (Å²) in [6, 6.07) is 8.34. The van der Waals surface area contributed by atoms with Crippen LogP contribution in [0.3, 0.4) is 0 Å². The molecule has 2 rings (SSSR count). The number of amides is 1. The van der Waals surface area contributed by atoms with Crippen LogP contribution >= 0.6 is 0 Å². The van der Waals surface area contributed by atoms with Crippen molar-refractivity contribution in [2.24, 2.45) is 0 Å². The van der Waals surface area contributed by atoms with Crippen LogP contribution in [0.15, 0.2) is 30.3 Å². The highest BCUT2D eigenvalue weighted by Gasteiger charge is 2.33. The van der Waals surface area contributed by atoms with Gasteiger partial charge in [0.15, 0.2) is 0 Å². The zero-order valence-corrected chi connectivity index (χ0v) is 11.9. The average molecular weight is 282 g/mol. The first-order chi connectivity index (χ1) is 8.89. The number of hydrogen-bond acceptors (Lipinski definition) is 3. The highest BCUT2D eigenvalue weighted by molar-refractivity contribution is 7.88. The summed E-state index contributed by atoms with van der Waals surface area (Å²) in [6.45, 7) is 0. The Labute approximate surface area is 113 Å². The molecule has 1 aliphatic carbocycles. The summed E-state index contributed by atoms with van der Waals surface area (Å²) in [4.78, 5) is 12.3. The van der Waals surface area contributed by atoms with Crippen LogP contribution in [0.25, 0.3) is 0 Å². The Bertz CT molecular complexity index is 553. The van der Waals surface area contributed by atoms with Crippen molar-refractivity contribution in [3.8, 4) is 0 Å². The first kappa shape index (κ1) is 14.0. The fraction of sp³-hybridized carbons (Fsp3) is 0.462. The standard InChI is InChI=1S/C13H18N2O3S/c1-15(19(2,17)18)12(10-6-4-3-5-7-10)13(16)14-11-8-9-11/h3-7,11-12H,8-9H2,1-2H3,(H,14,16)/t12-/m1/s1. The van der Waals surface area contributed by atoms with E-state index in [4.69, 9.17) is 0 Å². The number of nitrogens with zero attached hydrogens (tertiary/aromatic N) is 1. The summed E-state index contributed by atoms with van der Waals surface area (Å²) >= 11 is 0. The summed E-state index contributed by atoms with van der Waals surface area (Å²) in [5, 5.41) is 2.86. The number of carbonyl (C=O) groups is 1. The number of hydrogen-bond donors (Lipinski definition) is 1. The minimum Gasteiger partial charge on any atom is -0.352 e. The normalized spacial score (nSPS) is 17.2. The van der Waals surface area contributed by atoms with Gasteiger partial charge in [-0.25, -0.2) is 8.42 Å². The van der Waals surface area contributed by atoms with Gasteiger partial charge < -0.3 is 5.32 Å². The lowest BCUT2D eigenvalue weighted by Crippen LogP contribution is -2.41. The molecule has 0 bridgehead atoms. The van der Waals surface area contributed by atoms with Crippen molar-refractivity contribution >= 4 is 15.9 Å². The minimum atomic E-state index is -3.44. The molecular weight excluding hydrogens is 264 g/mol. The SMILES string of the molecule is CN([C@@H](C(=O)NC1CC1)c1ccccc1)S(C)(=O)=O. The second-order valence-electron chi connectivity index (χ2n) is 4.88. The first-order valence-corrected chi connectivity index (χ1v) is 8.03. The molecule has 1 saturated carbocycles. The third-order valence-electron chi connectivity index (χ3n) is 3.17. The number of likely N-dealkylation sites (N-methyl/N-ethyl adjacent to an activating group) is 1. The molecule has 5 nitrogen and oxygen atoms in total. The maximum Gasteiger partial charge on any atom is 0.243 e. The van der Waals surface area contributed by atoms with E-state index in [1.807, 2.05) is 6.07 Å². The topological polar surface area (TPSA) is 66.5 Å². The summed E-state index contributed by atoms with van der Waals surface area (Å²) in [7, 11) is -2.01. The number of carbonyl (C=O) groups excluding carboxylic acids is 1. The van der Waals surface area contributed by atoms with Crippen LogP contribution in [-0.2, 0) is 14.8 Å². The first-order valence-electron chi connectivity index (χ1n) is 6.18. The van der Waals surface area contributed by atoms with E-state index in [2.05, 4.69) is 5.32 Å². The fourth-order valence-corrected chi connectivity index (χ4v) is 2.46. The van der Waals surface area contributed by atoms with E-state index in [1.54, 1.807) is 24.3 Å². The van der Waals surface area contributed by atoms with E-state index in [9.17, 15) is 13.2 Å². The molecule has 1 aliphatic rings. The Morgan fingerprint density at radius 1 is 1.32 bits per heavy atom. The predicted molar refractivity (Wildman–Crippen MR) is 73.0 cm³/mol. The quantitative estimate of drug-likeness (QED) is 0.872. The molecule has 1 aromatic rings. The monoisotopic (exact) mass is 282 g/mol. The molecule has 0 unspecified atom stereocenters. The molecular formula is C13H18N2O3S. The lowest BCUT2D eigenvalue weighted by Gasteiger charge is -2.25. The van der Waals surface area contributed by atoms with E-state index in [0.717, 1.165) is 23.4 Å². The molecule has 1 fully saturated rings. The van der Waals surface area contributed by atoms with Crippen LogP contribution < -0.4 is 5.32 Å². The van der Waals surface area contributed by atoms with E-state index in [1.165, 1.54) is 7.05 Å². The molecule has 1 atom stereocenters. The van der Waals surface area contributed by atoms with Crippen molar-refractivity contribution in [3.05, 3.63) is 35.9 Å². The van der Waals surface area contributed by atoms with Crippen LogP contribution in [0.4, 0.5) is 0 Å². The lowest BCUT2D eigenvalue weighted by molar-refractivity contribution is -0.124. The number of nitrogens with one attached hydrogen (secondary N) is 1. The molecule has 1 N–H and O–H groups in total. The molecule has 0 aliphatic heterocycles. The van der Waals surface area contributed by atoms with Crippen LogP contribution in [0.1, 0.15) is 24.4 Å². The van der Waals surface area contributed by atoms with Crippen LogP contribution in [0, 0.1) is 0 Å². The smallest absolute Gasteiger partial charge is 0.243 e. The maximum atomic E-state index is 12.3. The zero-order chi connectivity index (χ0) is 14.0. The Morgan fingerprint density at radius 2 is 1.89 bits per heavy atom. The van der Waals surface area contributed by atoms with Crippen molar-refractivity contribution < 1.29 is 13.2 Å². The molecule has 1 aromatic carbocycles. The lowest BCUT2D eigenvalue weighted by atomic mass is 10.1. The Morgan fingerprint density at radius 3 is 2.37 bits per heavy atom. The molecule has 104 valence electrons. The van der Waals surface area contributed by atoms with Crippen LogP contribution in [0.5, 0.6) is 0 Å². The van der Waals surface area contributed by atoms with Crippen molar-refractivity contribution in [3.63, 3.8) is 0 Å². The second-order valence-corrected chi connectivity index (χ2v) is 6.92. The molecule has 0 heterocycles. The van der Waals surface area contributed by atoms with E-state index >= 15 is 0 Å². The Hall–Kier alpha value is -1.40. The van der Waals surface area contributed by atoms with Gasteiger partial charge in [-0.1, -0.05) is 30.3 Å². The highest BCUT2D eigenvalue weighted by Crippen LogP contribution is 2.25. The number of sulfonamides is 1. The highest BCUT2D eigenvalue weighted by atomic mass is 32.2. The van der Waals surface area contributed by atoms with E-state index in [0.29, 0.717) is 5.56 Å². The van der Waals surface area contributed by atoms with E-state index in [-0.39, 0.29) is 11.9 Å². The third kappa shape index (κ3) is 3.54. The van der Waals surface area contributed by atoms with Crippen molar-refractivity contribution in [1.82, 2.24) is 9.62 Å². The Kier molecular flexibility index (Phi) is 3.91. The zero-order valence-electron chi connectivity index (χ0n) is 11.0. The van der Waals surface area contributed by atoms with Crippen molar-refractivity contribution in [2.45, 2.75) is 24.9 Å². The minimum absolute atomic E-state index is 0.201. The molecule has 0 aromatic heterocycles. The second kappa shape index (κ2) is 5.30. The molecule has 0 saturated heterocycles. The van der Waals surface area contributed by atoms with Gasteiger partial charge in [-0.3, -0.25) is 4.79 Å². The Balaban J connectivity index is 2.29. The van der Waals surface area contributed by atoms with E-state index < -0.39 is 16.1 Å². The summed E-state index contributed by atoms with van der Waals surface area (Å²) in [5.74, 6) is -0.262. The predicted octanol–water partition coefficient (Wildman–Crippen LogP) is 0.898.